The van der Waals surface area contributed by atoms with Gasteiger partial charge in [0.25, 0.3) is 0 Å². The van der Waals surface area contributed by atoms with Gasteiger partial charge in [-0.15, -0.1) is 0 Å². The Balaban J connectivity index is 1.28. The van der Waals surface area contributed by atoms with Crippen molar-refractivity contribution in [2.75, 3.05) is 19.6 Å². The molecule has 2 aromatic rings. The first-order valence-electron chi connectivity index (χ1n) is 14.4. The lowest BCUT2D eigenvalue weighted by Crippen LogP contribution is -2.49. The molecule has 5 rings (SSSR count). The van der Waals surface area contributed by atoms with Crippen LogP contribution in [0.3, 0.4) is 0 Å². The monoisotopic (exact) mass is 556 g/mol. The summed E-state index contributed by atoms with van der Waals surface area (Å²) in [5.41, 5.74) is 1.71. The van der Waals surface area contributed by atoms with Crippen LogP contribution in [0.2, 0.25) is 0 Å². The Labute approximate surface area is 234 Å². The summed E-state index contributed by atoms with van der Waals surface area (Å²) in [5.74, 6) is -0.0545. The topological polar surface area (TPSA) is 60.9 Å². The van der Waals surface area contributed by atoms with Crippen molar-refractivity contribution in [1.82, 2.24) is 9.80 Å². The van der Waals surface area contributed by atoms with Crippen molar-refractivity contribution in [2.45, 2.75) is 77.6 Å². The highest BCUT2D eigenvalue weighted by Crippen LogP contribution is 2.49. The van der Waals surface area contributed by atoms with Crippen molar-refractivity contribution in [3.8, 4) is 0 Å². The highest BCUT2D eigenvalue weighted by atomic mass is 19.4. The number of likely N-dealkylation sites (tertiary alicyclic amines) is 1. The van der Waals surface area contributed by atoms with Crippen LogP contribution in [0.4, 0.5) is 13.2 Å². The van der Waals surface area contributed by atoms with E-state index in [1.165, 1.54) is 6.07 Å². The van der Waals surface area contributed by atoms with E-state index in [1.807, 2.05) is 12.1 Å². The number of hydrogen-bond acceptors (Lipinski definition) is 3. The Bertz CT molecular complexity index is 1280. The van der Waals surface area contributed by atoms with E-state index in [4.69, 9.17) is 0 Å². The van der Waals surface area contributed by atoms with E-state index in [1.54, 1.807) is 23.1 Å². The van der Waals surface area contributed by atoms with Gasteiger partial charge in [-0.25, -0.2) is 4.79 Å². The van der Waals surface area contributed by atoms with E-state index < -0.39 is 23.1 Å². The molecule has 1 aliphatic carbocycles. The molecular formula is C32H39F3N2O3. The molecule has 40 heavy (non-hydrogen) atoms. The summed E-state index contributed by atoms with van der Waals surface area (Å²) in [6, 6.07) is 11.5. The van der Waals surface area contributed by atoms with Crippen LogP contribution in [0.1, 0.15) is 85.0 Å². The number of rotatable bonds is 5. The Morgan fingerprint density at radius 1 is 1.05 bits per heavy atom. The number of benzene rings is 2. The average Bonchev–Trinajstić information content (AvgIpc) is 3.38. The van der Waals surface area contributed by atoms with Gasteiger partial charge in [-0.05, 0) is 97.4 Å². The van der Waals surface area contributed by atoms with Gasteiger partial charge in [0.2, 0.25) is 5.91 Å². The molecule has 3 aliphatic rings. The predicted octanol–water partition coefficient (Wildman–Crippen LogP) is 6.61. The van der Waals surface area contributed by atoms with Gasteiger partial charge in [0.15, 0.2) is 0 Å². The maximum atomic E-state index is 14.1. The standard InChI is InChI=1S/C32H39F3N2O3/c1-20(2)31(30(40)37-13-10-22-7-8-26(32(33,34)35)16-25(22)19-37)12-9-27(17-31)36-14-11-28(21(3)18-36)23-5-4-6-24(15-23)29(38)39/h4-8,15-16,20-21,27-28H,9-14,17-19H2,1-3H3,(H,38,39)/t21-,27+,28-,31-/m0/s1. The van der Waals surface area contributed by atoms with Crippen molar-refractivity contribution < 1.29 is 27.9 Å². The molecule has 216 valence electrons. The Morgan fingerprint density at radius 3 is 2.50 bits per heavy atom. The van der Waals surface area contributed by atoms with Gasteiger partial charge in [0, 0.05) is 25.7 Å². The summed E-state index contributed by atoms with van der Waals surface area (Å²) in [6.45, 7) is 8.99. The molecule has 1 N–H and O–H groups in total. The molecule has 1 saturated heterocycles. The maximum Gasteiger partial charge on any atom is 0.416 e. The predicted molar refractivity (Wildman–Crippen MR) is 147 cm³/mol. The number of carbonyl (C=O) groups excluding carboxylic acids is 1. The summed E-state index contributed by atoms with van der Waals surface area (Å²) in [5, 5.41) is 9.40. The minimum Gasteiger partial charge on any atom is -0.478 e. The van der Waals surface area contributed by atoms with Gasteiger partial charge in [-0.3, -0.25) is 4.79 Å². The van der Waals surface area contributed by atoms with Crippen LogP contribution < -0.4 is 0 Å². The number of carbonyl (C=O) groups is 2. The molecule has 2 aliphatic heterocycles. The van der Waals surface area contributed by atoms with Crippen LogP contribution in [-0.2, 0) is 23.9 Å². The quantitative estimate of drug-likeness (QED) is 0.450. The second kappa shape index (κ2) is 10.8. The van der Waals surface area contributed by atoms with Gasteiger partial charge in [-0.1, -0.05) is 39.0 Å². The zero-order chi connectivity index (χ0) is 28.8. The van der Waals surface area contributed by atoms with E-state index in [2.05, 4.69) is 25.7 Å². The number of carboxylic acid groups (broad SMARTS) is 1. The van der Waals surface area contributed by atoms with Gasteiger partial charge in [-0.2, -0.15) is 13.2 Å². The molecule has 0 unspecified atom stereocenters. The number of piperidine rings is 1. The van der Waals surface area contributed by atoms with Crippen molar-refractivity contribution in [1.29, 1.82) is 0 Å². The summed E-state index contributed by atoms with van der Waals surface area (Å²) in [7, 11) is 0. The largest absolute Gasteiger partial charge is 0.478 e. The number of fused-ring (bicyclic) bond motifs is 1. The van der Waals surface area contributed by atoms with Crippen molar-refractivity contribution in [3.05, 3.63) is 70.3 Å². The number of hydrogen-bond donors (Lipinski definition) is 1. The molecular weight excluding hydrogens is 517 g/mol. The fraction of sp³-hybridized carbons (Fsp3) is 0.562. The van der Waals surface area contributed by atoms with Crippen molar-refractivity contribution >= 4 is 11.9 Å². The third-order valence-corrected chi connectivity index (χ3v) is 9.90. The summed E-state index contributed by atoms with van der Waals surface area (Å²) >= 11 is 0. The molecule has 0 spiro atoms. The Morgan fingerprint density at radius 2 is 1.82 bits per heavy atom. The Hall–Kier alpha value is -2.87. The first-order valence-corrected chi connectivity index (χ1v) is 14.4. The van der Waals surface area contributed by atoms with E-state index in [9.17, 15) is 27.9 Å². The van der Waals surface area contributed by atoms with Crippen LogP contribution in [-0.4, -0.2) is 52.5 Å². The van der Waals surface area contributed by atoms with Gasteiger partial charge >= 0.3 is 12.1 Å². The fourth-order valence-corrected chi connectivity index (χ4v) is 7.45. The van der Waals surface area contributed by atoms with Crippen LogP contribution in [0.5, 0.6) is 0 Å². The second-order valence-corrected chi connectivity index (χ2v) is 12.5. The minimum absolute atomic E-state index is 0.0847. The molecule has 2 fully saturated rings. The number of nitrogens with zero attached hydrogens (tertiary/aromatic N) is 2. The highest BCUT2D eigenvalue weighted by Gasteiger charge is 2.51. The number of alkyl halides is 3. The van der Waals surface area contributed by atoms with Crippen LogP contribution in [0, 0.1) is 17.3 Å². The van der Waals surface area contributed by atoms with Crippen LogP contribution in [0.25, 0.3) is 0 Å². The molecule has 8 heteroatoms. The first-order chi connectivity index (χ1) is 18.9. The molecule has 2 heterocycles. The number of carboxylic acids is 1. The van der Waals surface area contributed by atoms with Crippen LogP contribution >= 0.6 is 0 Å². The molecule has 0 bridgehead atoms. The smallest absolute Gasteiger partial charge is 0.416 e. The van der Waals surface area contributed by atoms with E-state index in [0.29, 0.717) is 35.9 Å². The molecule has 4 atom stereocenters. The third kappa shape index (κ3) is 5.39. The third-order valence-electron chi connectivity index (χ3n) is 9.90. The molecule has 0 aromatic heterocycles. The average molecular weight is 557 g/mol. The van der Waals surface area contributed by atoms with E-state index in [0.717, 1.165) is 56.0 Å². The number of aromatic carboxylic acids is 1. The number of amides is 1. The number of halogens is 3. The zero-order valence-corrected chi connectivity index (χ0v) is 23.5. The summed E-state index contributed by atoms with van der Waals surface area (Å²) in [4.78, 5) is 29.9. The maximum absolute atomic E-state index is 14.1. The van der Waals surface area contributed by atoms with Gasteiger partial charge in [0.05, 0.1) is 16.5 Å². The molecule has 1 saturated carbocycles. The van der Waals surface area contributed by atoms with Crippen molar-refractivity contribution in [3.63, 3.8) is 0 Å². The van der Waals surface area contributed by atoms with E-state index >= 15 is 0 Å². The molecule has 1 amide bonds. The lowest BCUT2D eigenvalue weighted by Gasteiger charge is -2.42. The highest BCUT2D eigenvalue weighted by molar-refractivity contribution is 5.87. The van der Waals surface area contributed by atoms with Crippen molar-refractivity contribution in [2.24, 2.45) is 17.3 Å². The zero-order valence-electron chi connectivity index (χ0n) is 23.5. The van der Waals surface area contributed by atoms with Gasteiger partial charge in [0.1, 0.15) is 0 Å². The molecule has 2 aromatic carbocycles. The lowest BCUT2D eigenvalue weighted by molar-refractivity contribution is -0.146. The SMILES string of the molecule is CC(C)[C@]1(C(=O)N2CCc3ccc(C(F)(F)F)cc3C2)CC[C@@H](N2CC[C@H](c3cccc(C(=O)O)c3)[C@@H](C)C2)C1. The van der Waals surface area contributed by atoms with Crippen LogP contribution in [0.15, 0.2) is 42.5 Å². The van der Waals surface area contributed by atoms with Gasteiger partial charge < -0.3 is 14.9 Å². The summed E-state index contributed by atoms with van der Waals surface area (Å²) < 4.78 is 40.0. The van der Waals surface area contributed by atoms with E-state index in [-0.39, 0.29) is 24.4 Å². The Kier molecular flexibility index (Phi) is 7.77. The molecule has 0 radical (unpaired) electrons. The second-order valence-electron chi connectivity index (χ2n) is 12.5. The minimum atomic E-state index is -4.40. The normalized spacial score (nSPS) is 27.6. The molecule has 5 nitrogen and oxygen atoms in total. The first kappa shape index (κ1) is 28.7. The fourth-order valence-electron chi connectivity index (χ4n) is 7.45. The lowest BCUT2D eigenvalue weighted by atomic mass is 9.73. The summed E-state index contributed by atoms with van der Waals surface area (Å²) in [6.07, 6.45) is -0.406.